The SMILES string of the molecule is CSc1ccc(C2CC(=O)C(=CNCCN3CCN(CCO)CC3)C(=O)C2)cc1. The molecule has 6 nitrogen and oxygen atoms in total. The van der Waals surface area contributed by atoms with Gasteiger partial charge in [0.1, 0.15) is 0 Å². The van der Waals surface area contributed by atoms with Crippen LogP contribution in [0.5, 0.6) is 0 Å². The Kier molecular flexibility index (Phi) is 8.29. The summed E-state index contributed by atoms with van der Waals surface area (Å²) in [6.07, 6.45) is 4.44. The molecule has 1 saturated carbocycles. The van der Waals surface area contributed by atoms with Crippen molar-refractivity contribution in [2.45, 2.75) is 23.7 Å². The number of piperazine rings is 1. The van der Waals surface area contributed by atoms with E-state index in [0.29, 0.717) is 25.0 Å². The number of Topliss-reactive ketones (excluding diaryl/α,β-unsaturated/α-hetero) is 2. The fourth-order valence-electron chi connectivity index (χ4n) is 3.94. The molecule has 0 atom stereocenters. The summed E-state index contributed by atoms with van der Waals surface area (Å²) in [6, 6.07) is 8.16. The number of thioether (sulfide) groups is 1. The molecule has 0 unspecified atom stereocenters. The van der Waals surface area contributed by atoms with Gasteiger partial charge in [0.25, 0.3) is 0 Å². The third-order valence-corrected chi connectivity index (χ3v) is 6.50. The highest BCUT2D eigenvalue weighted by Gasteiger charge is 2.31. The van der Waals surface area contributed by atoms with Crippen LogP contribution in [-0.2, 0) is 9.59 Å². The molecule has 1 saturated heterocycles. The number of hydrogen-bond acceptors (Lipinski definition) is 7. The summed E-state index contributed by atoms with van der Waals surface area (Å²) in [5.41, 5.74) is 1.38. The van der Waals surface area contributed by atoms with Crippen LogP contribution in [-0.4, -0.2) is 85.1 Å². The van der Waals surface area contributed by atoms with Crippen LogP contribution in [0, 0.1) is 0 Å². The number of hydrogen-bond donors (Lipinski definition) is 2. The van der Waals surface area contributed by atoms with Gasteiger partial charge >= 0.3 is 0 Å². The topological polar surface area (TPSA) is 72.9 Å². The number of allylic oxidation sites excluding steroid dienone is 1. The molecule has 0 aromatic heterocycles. The Bertz CT molecular complexity index is 707. The van der Waals surface area contributed by atoms with Crippen LogP contribution < -0.4 is 5.32 Å². The van der Waals surface area contributed by atoms with Crippen LogP contribution in [0.3, 0.4) is 0 Å². The minimum atomic E-state index is -0.0645. The van der Waals surface area contributed by atoms with Crippen molar-refractivity contribution < 1.29 is 14.7 Å². The van der Waals surface area contributed by atoms with Gasteiger partial charge < -0.3 is 10.4 Å². The molecule has 29 heavy (non-hydrogen) atoms. The first-order valence-corrected chi connectivity index (χ1v) is 11.5. The van der Waals surface area contributed by atoms with Crippen LogP contribution in [0.2, 0.25) is 0 Å². The van der Waals surface area contributed by atoms with Crippen LogP contribution in [0.15, 0.2) is 40.9 Å². The number of aliphatic hydroxyl groups excluding tert-OH is 1. The first kappa shape index (κ1) is 22.0. The summed E-state index contributed by atoms with van der Waals surface area (Å²) in [6.45, 7) is 6.44. The Morgan fingerprint density at radius 1 is 1.03 bits per heavy atom. The van der Waals surface area contributed by atoms with Crippen LogP contribution in [0.1, 0.15) is 24.3 Å². The zero-order chi connectivity index (χ0) is 20.6. The minimum absolute atomic E-state index is 0.0155. The number of ketones is 2. The molecule has 3 rings (SSSR count). The van der Waals surface area contributed by atoms with E-state index in [2.05, 4.69) is 15.1 Å². The van der Waals surface area contributed by atoms with E-state index < -0.39 is 0 Å². The van der Waals surface area contributed by atoms with Gasteiger partial charge in [0.2, 0.25) is 0 Å². The van der Waals surface area contributed by atoms with Crippen molar-refractivity contribution in [1.29, 1.82) is 0 Å². The van der Waals surface area contributed by atoms with Crippen molar-refractivity contribution in [3.05, 3.63) is 41.6 Å². The number of aliphatic hydroxyl groups is 1. The zero-order valence-electron chi connectivity index (χ0n) is 17.1. The van der Waals surface area contributed by atoms with E-state index in [-0.39, 0.29) is 24.1 Å². The monoisotopic (exact) mass is 417 g/mol. The highest BCUT2D eigenvalue weighted by Crippen LogP contribution is 2.32. The number of carbonyl (C=O) groups is 2. The largest absolute Gasteiger partial charge is 0.395 e. The summed E-state index contributed by atoms with van der Waals surface area (Å²) in [5, 5.41) is 12.2. The molecule has 158 valence electrons. The molecule has 2 aliphatic rings. The second-order valence-electron chi connectivity index (χ2n) is 7.64. The third-order valence-electron chi connectivity index (χ3n) is 5.75. The number of carbonyl (C=O) groups excluding carboxylic acids is 2. The molecule has 1 aliphatic carbocycles. The molecule has 1 aromatic carbocycles. The van der Waals surface area contributed by atoms with Crippen LogP contribution >= 0.6 is 11.8 Å². The second-order valence-corrected chi connectivity index (χ2v) is 8.52. The highest BCUT2D eigenvalue weighted by molar-refractivity contribution is 7.98. The first-order valence-electron chi connectivity index (χ1n) is 10.3. The number of benzene rings is 1. The van der Waals surface area contributed by atoms with Crippen molar-refractivity contribution in [1.82, 2.24) is 15.1 Å². The van der Waals surface area contributed by atoms with Crippen molar-refractivity contribution in [3.63, 3.8) is 0 Å². The van der Waals surface area contributed by atoms with E-state index in [1.165, 1.54) is 4.90 Å². The lowest BCUT2D eigenvalue weighted by Gasteiger charge is -2.34. The normalized spacial score (nSPS) is 21.4. The summed E-state index contributed by atoms with van der Waals surface area (Å²) >= 11 is 1.68. The maximum Gasteiger partial charge on any atom is 0.168 e. The summed E-state index contributed by atoms with van der Waals surface area (Å²) < 4.78 is 0. The van der Waals surface area contributed by atoms with Gasteiger partial charge in [-0.05, 0) is 29.9 Å². The van der Waals surface area contributed by atoms with E-state index in [9.17, 15) is 9.59 Å². The summed E-state index contributed by atoms with van der Waals surface area (Å²) in [5.74, 6) is -0.145. The van der Waals surface area contributed by atoms with Gasteiger partial charge in [-0.3, -0.25) is 19.4 Å². The van der Waals surface area contributed by atoms with Crippen molar-refractivity contribution in [3.8, 4) is 0 Å². The predicted octanol–water partition coefficient (Wildman–Crippen LogP) is 1.51. The smallest absolute Gasteiger partial charge is 0.168 e. The van der Waals surface area contributed by atoms with Gasteiger partial charge in [0.05, 0.1) is 12.2 Å². The predicted molar refractivity (Wildman–Crippen MR) is 116 cm³/mol. The van der Waals surface area contributed by atoms with E-state index in [1.54, 1.807) is 18.0 Å². The fourth-order valence-corrected chi connectivity index (χ4v) is 4.35. The molecule has 1 aliphatic heterocycles. The molecule has 0 spiro atoms. The second kappa shape index (κ2) is 10.9. The Morgan fingerprint density at radius 3 is 2.17 bits per heavy atom. The number of β-amino-alcohol motifs (C(OH)–C–C–N with tert-alkyl or cyclic N) is 1. The lowest BCUT2D eigenvalue weighted by Crippen LogP contribution is -2.48. The van der Waals surface area contributed by atoms with Gasteiger partial charge in [0, 0.05) is 69.8 Å². The zero-order valence-corrected chi connectivity index (χ0v) is 17.9. The van der Waals surface area contributed by atoms with Gasteiger partial charge in [-0.1, -0.05) is 12.1 Å². The van der Waals surface area contributed by atoms with Gasteiger partial charge in [-0.2, -0.15) is 0 Å². The molecule has 1 aromatic rings. The molecular weight excluding hydrogens is 386 g/mol. The van der Waals surface area contributed by atoms with E-state index in [1.807, 2.05) is 30.5 Å². The molecule has 0 bridgehead atoms. The van der Waals surface area contributed by atoms with E-state index in [4.69, 9.17) is 5.11 Å². The van der Waals surface area contributed by atoms with E-state index in [0.717, 1.165) is 44.8 Å². The first-order chi connectivity index (χ1) is 14.1. The maximum absolute atomic E-state index is 12.5. The molecule has 0 amide bonds. The molecule has 0 radical (unpaired) electrons. The van der Waals surface area contributed by atoms with E-state index >= 15 is 0 Å². The third kappa shape index (κ3) is 6.15. The number of rotatable bonds is 8. The minimum Gasteiger partial charge on any atom is -0.395 e. The summed E-state index contributed by atoms with van der Waals surface area (Å²) in [4.78, 5) is 30.9. The molecule has 7 heteroatoms. The lowest BCUT2D eigenvalue weighted by molar-refractivity contribution is -0.124. The Balaban J connectivity index is 1.45. The standard InChI is InChI=1S/C22H31N3O3S/c1-29-19-4-2-17(3-5-19)18-14-21(27)20(22(28)15-18)16-23-6-7-24-8-10-25(11-9-24)12-13-26/h2-5,16,18,23,26H,6-15H2,1H3. The van der Waals surface area contributed by atoms with Gasteiger partial charge in [0.15, 0.2) is 11.6 Å². The Morgan fingerprint density at radius 2 is 1.62 bits per heavy atom. The molecule has 2 fully saturated rings. The number of nitrogens with one attached hydrogen (secondary N) is 1. The summed E-state index contributed by atoms with van der Waals surface area (Å²) in [7, 11) is 0. The lowest BCUT2D eigenvalue weighted by atomic mass is 9.80. The van der Waals surface area contributed by atoms with Gasteiger partial charge in [-0.15, -0.1) is 11.8 Å². The van der Waals surface area contributed by atoms with Crippen molar-refractivity contribution >= 4 is 23.3 Å². The quantitative estimate of drug-likeness (QED) is 0.287. The Labute approximate surface area is 177 Å². The molecule has 2 N–H and O–H groups in total. The average molecular weight is 418 g/mol. The fraction of sp³-hybridized carbons (Fsp3) is 0.545. The van der Waals surface area contributed by atoms with Gasteiger partial charge in [-0.25, -0.2) is 0 Å². The highest BCUT2D eigenvalue weighted by atomic mass is 32.2. The van der Waals surface area contributed by atoms with Crippen molar-refractivity contribution in [2.24, 2.45) is 0 Å². The molecular formula is C22H31N3O3S. The maximum atomic E-state index is 12.5. The van der Waals surface area contributed by atoms with Crippen molar-refractivity contribution in [2.75, 3.05) is 58.7 Å². The van der Waals surface area contributed by atoms with Crippen LogP contribution in [0.25, 0.3) is 0 Å². The average Bonchev–Trinajstić information content (AvgIpc) is 2.74. The van der Waals surface area contributed by atoms with Crippen LogP contribution in [0.4, 0.5) is 0 Å². The molecule has 1 heterocycles. The number of nitrogens with zero attached hydrogens (tertiary/aromatic N) is 2. The Hall–Kier alpha value is -1.67.